The zero-order chi connectivity index (χ0) is 15.3. The van der Waals surface area contributed by atoms with Gasteiger partial charge in [-0.1, -0.05) is 35.9 Å². The van der Waals surface area contributed by atoms with E-state index in [1.807, 2.05) is 36.4 Å². The summed E-state index contributed by atoms with van der Waals surface area (Å²) in [7, 11) is 0. The molecular weight excluding hydrogens is 282 g/mol. The lowest BCUT2D eigenvalue weighted by Crippen LogP contribution is -2.35. The van der Waals surface area contributed by atoms with Gasteiger partial charge in [-0.15, -0.1) is 0 Å². The van der Waals surface area contributed by atoms with Crippen LogP contribution < -0.4 is 10.1 Å². The molecule has 21 heavy (non-hydrogen) atoms. The molecule has 0 bridgehead atoms. The molecule has 0 aliphatic rings. The topological polar surface area (TPSA) is 21.3 Å². The number of ether oxygens (including phenoxy) is 1. The summed E-state index contributed by atoms with van der Waals surface area (Å²) in [6.45, 7) is 7.87. The molecule has 0 heterocycles. The van der Waals surface area contributed by atoms with Crippen molar-refractivity contribution in [3.05, 3.63) is 64.7 Å². The third-order valence-electron chi connectivity index (χ3n) is 3.04. The van der Waals surface area contributed by atoms with Crippen molar-refractivity contribution in [2.24, 2.45) is 0 Å². The van der Waals surface area contributed by atoms with E-state index in [4.69, 9.17) is 16.3 Å². The second-order valence-electron chi connectivity index (χ2n) is 6.17. The Kier molecular flexibility index (Phi) is 5.27. The normalized spacial score (nSPS) is 11.4. The molecular formula is C18H22ClNO. The van der Waals surface area contributed by atoms with Crippen molar-refractivity contribution in [2.75, 3.05) is 0 Å². The van der Waals surface area contributed by atoms with Gasteiger partial charge in [-0.25, -0.2) is 0 Å². The first kappa shape index (κ1) is 15.9. The Morgan fingerprint density at radius 2 is 1.71 bits per heavy atom. The summed E-state index contributed by atoms with van der Waals surface area (Å²) in [5.74, 6) is 0.887. The zero-order valence-electron chi connectivity index (χ0n) is 12.8. The van der Waals surface area contributed by atoms with Gasteiger partial charge in [0, 0.05) is 17.1 Å². The number of rotatable bonds is 5. The summed E-state index contributed by atoms with van der Waals surface area (Å²) in [5, 5.41) is 4.22. The van der Waals surface area contributed by atoms with Crippen LogP contribution >= 0.6 is 11.6 Å². The van der Waals surface area contributed by atoms with Gasteiger partial charge >= 0.3 is 0 Å². The van der Waals surface area contributed by atoms with Gasteiger partial charge in [-0.2, -0.15) is 0 Å². The van der Waals surface area contributed by atoms with Crippen LogP contribution in [-0.4, -0.2) is 5.54 Å². The molecule has 0 saturated heterocycles. The van der Waals surface area contributed by atoms with E-state index < -0.39 is 0 Å². The summed E-state index contributed by atoms with van der Waals surface area (Å²) in [6, 6.07) is 15.9. The first-order chi connectivity index (χ1) is 9.92. The third kappa shape index (κ3) is 5.78. The fourth-order valence-electron chi connectivity index (χ4n) is 1.86. The van der Waals surface area contributed by atoms with Crippen molar-refractivity contribution < 1.29 is 4.74 Å². The molecule has 0 aliphatic carbocycles. The smallest absolute Gasteiger partial charge is 0.120 e. The van der Waals surface area contributed by atoms with Crippen LogP contribution in [0.15, 0.2) is 48.5 Å². The van der Waals surface area contributed by atoms with Gasteiger partial charge in [0.05, 0.1) is 0 Å². The van der Waals surface area contributed by atoms with Crippen LogP contribution in [0.5, 0.6) is 5.75 Å². The highest BCUT2D eigenvalue weighted by Crippen LogP contribution is 2.17. The minimum absolute atomic E-state index is 0.111. The minimum Gasteiger partial charge on any atom is -0.489 e. The van der Waals surface area contributed by atoms with Crippen molar-refractivity contribution in [1.29, 1.82) is 0 Å². The van der Waals surface area contributed by atoms with Crippen LogP contribution in [0.25, 0.3) is 0 Å². The molecule has 0 fully saturated rings. The molecule has 1 N–H and O–H groups in total. The van der Waals surface area contributed by atoms with Crippen LogP contribution in [-0.2, 0) is 13.2 Å². The maximum atomic E-state index is 5.87. The van der Waals surface area contributed by atoms with E-state index in [2.05, 4.69) is 38.2 Å². The monoisotopic (exact) mass is 303 g/mol. The fraction of sp³-hybridized carbons (Fsp3) is 0.333. The van der Waals surface area contributed by atoms with Gasteiger partial charge in [0.1, 0.15) is 12.4 Å². The first-order valence-electron chi connectivity index (χ1n) is 7.14. The molecule has 0 atom stereocenters. The highest BCUT2D eigenvalue weighted by atomic mass is 35.5. The average Bonchev–Trinajstić information content (AvgIpc) is 2.44. The van der Waals surface area contributed by atoms with Crippen LogP contribution in [0, 0.1) is 0 Å². The lowest BCUT2D eigenvalue weighted by molar-refractivity contribution is 0.305. The van der Waals surface area contributed by atoms with Crippen LogP contribution in [0.1, 0.15) is 31.9 Å². The van der Waals surface area contributed by atoms with E-state index in [9.17, 15) is 0 Å². The Bertz CT molecular complexity index is 573. The van der Waals surface area contributed by atoms with Gasteiger partial charge in [0.15, 0.2) is 0 Å². The lowest BCUT2D eigenvalue weighted by atomic mass is 10.1. The molecule has 0 unspecified atom stereocenters. The van der Waals surface area contributed by atoms with Gasteiger partial charge in [0.2, 0.25) is 0 Å². The number of halogens is 1. The van der Waals surface area contributed by atoms with Gasteiger partial charge in [-0.05, 0) is 56.2 Å². The Labute approximate surface area is 132 Å². The van der Waals surface area contributed by atoms with E-state index in [1.165, 1.54) is 5.56 Å². The third-order valence-corrected chi connectivity index (χ3v) is 3.29. The number of benzene rings is 2. The minimum atomic E-state index is 0.111. The molecule has 0 spiro atoms. The predicted octanol–water partition coefficient (Wildman–Crippen LogP) is 4.81. The van der Waals surface area contributed by atoms with Crippen molar-refractivity contribution in [3.8, 4) is 5.75 Å². The maximum Gasteiger partial charge on any atom is 0.120 e. The number of hydrogen-bond donors (Lipinski definition) is 1. The molecule has 2 rings (SSSR count). The quantitative estimate of drug-likeness (QED) is 0.856. The highest BCUT2D eigenvalue weighted by Gasteiger charge is 2.08. The van der Waals surface area contributed by atoms with E-state index in [0.29, 0.717) is 6.61 Å². The van der Waals surface area contributed by atoms with Crippen LogP contribution in [0.2, 0.25) is 5.02 Å². The Hall–Kier alpha value is -1.51. The molecule has 2 nitrogen and oxygen atoms in total. The van der Waals surface area contributed by atoms with Crippen LogP contribution in [0.4, 0.5) is 0 Å². The Morgan fingerprint density at radius 3 is 2.38 bits per heavy atom. The molecule has 2 aromatic rings. The Morgan fingerprint density at radius 1 is 1.00 bits per heavy atom. The SMILES string of the molecule is CC(C)(C)NCc1cccc(OCc2ccc(Cl)cc2)c1. The van der Waals surface area contributed by atoms with Crippen LogP contribution in [0.3, 0.4) is 0 Å². The predicted molar refractivity (Wildman–Crippen MR) is 88.8 cm³/mol. The van der Waals surface area contributed by atoms with Crippen molar-refractivity contribution in [2.45, 2.75) is 39.5 Å². The molecule has 0 aromatic heterocycles. The number of nitrogens with one attached hydrogen (secondary N) is 1. The van der Waals surface area contributed by atoms with E-state index in [0.717, 1.165) is 22.9 Å². The molecule has 0 saturated carbocycles. The summed E-state index contributed by atoms with van der Waals surface area (Å²) in [4.78, 5) is 0. The largest absolute Gasteiger partial charge is 0.489 e. The van der Waals surface area contributed by atoms with E-state index >= 15 is 0 Å². The van der Waals surface area contributed by atoms with Gasteiger partial charge < -0.3 is 10.1 Å². The highest BCUT2D eigenvalue weighted by molar-refractivity contribution is 6.30. The summed E-state index contributed by atoms with van der Waals surface area (Å²) in [5.41, 5.74) is 2.44. The average molecular weight is 304 g/mol. The Balaban J connectivity index is 1.93. The zero-order valence-corrected chi connectivity index (χ0v) is 13.6. The molecule has 0 amide bonds. The second kappa shape index (κ2) is 6.97. The summed E-state index contributed by atoms with van der Waals surface area (Å²) >= 11 is 5.87. The molecule has 0 aliphatic heterocycles. The van der Waals surface area contributed by atoms with Gasteiger partial charge in [0.25, 0.3) is 0 Å². The second-order valence-corrected chi connectivity index (χ2v) is 6.60. The summed E-state index contributed by atoms with van der Waals surface area (Å²) < 4.78 is 5.83. The van der Waals surface area contributed by atoms with E-state index in [1.54, 1.807) is 0 Å². The molecule has 112 valence electrons. The van der Waals surface area contributed by atoms with Gasteiger partial charge in [-0.3, -0.25) is 0 Å². The number of hydrogen-bond acceptors (Lipinski definition) is 2. The van der Waals surface area contributed by atoms with Crippen molar-refractivity contribution in [1.82, 2.24) is 5.32 Å². The maximum absolute atomic E-state index is 5.87. The van der Waals surface area contributed by atoms with E-state index in [-0.39, 0.29) is 5.54 Å². The molecule has 0 radical (unpaired) electrons. The summed E-state index contributed by atoms with van der Waals surface area (Å²) in [6.07, 6.45) is 0. The van der Waals surface area contributed by atoms with Crippen molar-refractivity contribution >= 4 is 11.6 Å². The lowest BCUT2D eigenvalue weighted by Gasteiger charge is -2.20. The molecule has 2 aromatic carbocycles. The fourth-order valence-corrected chi connectivity index (χ4v) is 1.99. The first-order valence-corrected chi connectivity index (χ1v) is 7.51. The molecule has 3 heteroatoms. The van der Waals surface area contributed by atoms with Crippen molar-refractivity contribution in [3.63, 3.8) is 0 Å². The standard InChI is InChI=1S/C18H22ClNO/c1-18(2,3)20-12-15-5-4-6-17(11-15)21-13-14-7-9-16(19)10-8-14/h4-11,20H,12-13H2,1-3H3.